The molecule has 1 N–H and O–H groups in total. The molecule has 0 bridgehead atoms. The van der Waals surface area contributed by atoms with Crippen LogP contribution in [0.15, 0.2) is 24.3 Å². The summed E-state index contributed by atoms with van der Waals surface area (Å²) in [5.74, 6) is 0.891. The number of benzene rings is 1. The number of aromatic nitrogens is 1. The van der Waals surface area contributed by atoms with Gasteiger partial charge in [0, 0.05) is 17.5 Å². The van der Waals surface area contributed by atoms with Crippen LogP contribution >= 0.6 is 11.3 Å². The number of methoxy groups -OCH3 is 1. The van der Waals surface area contributed by atoms with Crippen LogP contribution in [-0.2, 0) is 6.54 Å². The highest BCUT2D eigenvalue weighted by Crippen LogP contribution is 2.20. The second-order valence-electron chi connectivity index (χ2n) is 4.62. The largest absolute Gasteiger partial charge is 0.497 e. The summed E-state index contributed by atoms with van der Waals surface area (Å²) in [6.45, 7) is 7.15. The molecule has 1 unspecified atom stereocenters. The van der Waals surface area contributed by atoms with Crippen molar-refractivity contribution in [2.24, 2.45) is 0 Å². The van der Waals surface area contributed by atoms with Gasteiger partial charge in [0.25, 0.3) is 0 Å². The number of thiazole rings is 1. The number of aryl methyl sites for hydroxylation is 2. The average molecular weight is 276 g/mol. The Morgan fingerprint density at radius 1 is 1.26 bits per heavy atom. The molecule has 102 valence electrons. The van der Waals surface area contributed by atoms with E-state index in [9.17, 15) is 0 Å². The third kappa shape index (κ3) is 3.55. The van der Waals surface area contributed by atoms with Gasteiger partial charge in [0.05, 0.1) is 12.8 Å². The van der Waals surface area contributed by atoms with Gasteiger partial charge in [-0.15, -0.1) is 11.3 Å². The Kier molecular flexibility index (Phi) is 4.56. The summed E-state index contributed by atoms with van der Waals surface area (Å²) >= 11 is 1.76. The Balaban J connectivity index is 1.94. The molecule has 1 aromatic carbocycles. The third-order valence-electron chi connectivity index (χ3n) is 3.25. The number of hydrogen-bond acceptors (Lipinski definition) is 4. The molecule has 0 aliphatic carbocycles. The lowest BCUT2D eigenvalue weighted by Gasteiger charge is -2.13. The van der Waals surface area contributed by atoms with Crippen molar-refractivity contribution in [3.63, 3.8) is 0 Å². The van der Waals surface area contributed by atoms with Crippen LogP contribution in [0.25, 0.3) is 0 Å². The molecule has 2 aromatic rings. The zero-order valence-corrected chi connectivity index (χ0v) is 12.7. The van der Waals surface area contributed by atoms with Crippen LogP contribution in [0.3, 0.4) is 0 Å². The van der Waals surface area contributed by atoms with Crippen LogP contribution in [-0.4, -0.2) is 12.1 Å². The molecule has 0 spiro atoms. The van der Waals surface area contributed by atoms with Gasteiger partial charge in [0.1, 0.15) is 10.8 Å². The van der Waals surface area contributed by atoms with Crippen LogP contribution in [0.4, 0.5) is 0 Å². The lowest BCUT2D eigenvalue weighted by molar-refractivity contribution is 0.414. The summed E-state index contributed by atoms with van der Waals surface area (Å²) in [7, 11) is 1.68. The van der Waals surface area contributed by atoms with Crippen LogP contribution in [0.5, 0.6) is 5.75 Å². The number of nitrogens with one attached hydrogen (secondary N) is 1. The first-order chi connectivity index (χ1) is 9.10. The van der Waals surface area contributed by atoms with E-state index < -0.39 is 0 Å². The fraction of sp³-hybridized carbons (Fsp3) is 0.400. The number of ether oxygens (including phenoxy) is 1. The molecule has 19 heavy (non-hydrogen) atoms. The second kappa shape index (κ2) is 6.17. The molecule has 0 radical (unpaired) electrons. The minimum atomic E-state index is 0.301. The van der Waals surface area contributed by atoms with Crippen molar-refractivity contribution >= 4 is 11.3 Å². The van der Waals surface area contributed by atoms with Crippen molar-refractivity contribution < 1.29 is 4.74 Å². The molecular weight excluding hydrogens is 256 g/mol. The lowest BCUT2D eigenvalue weighted by atomic mass is 10.1. The monoisotopic (exact) mass is 276 g/mol. The molecule has 0 fully saturated rings. The van der Waals surface area contributed by atoms with Gasteiger partial charge in [-0.25, -0.2) is 4.98 Å². The minimum absolute atomic E-state index is 0.301. The summed E-state index contributed by atoms with van der Waals surface area (Å²) in [5.41, 5.74) is 2.39. The second-order valence-corrected chi connectivity index (χ2v) is 5.91. The molecule has 0 aliphatic heterocycles. The summed E-state index contributed by atoms with van der Waals surface area (Å²) < 4.78 is 5.17. The van der Waals surface area contributed by atoms with Gasteiger partial charge in [0.2, 0.25) is 0 Å². The molecule has 1 atom stereocenters. The van der Waals surface area contributed by atoms with Crippen LogP contribution in [0.1, 0.15) is 34.1 Å². The predicted octanol–water partition coefficient (Wildman–Crippen LogP) is 3.62. The average Bonchev–Trinajstić information content (AvgIpc) is 2.75. The minimum Gasteiger partial charge on any atom is -0.497 e. The Labute approximate surface area is 118 Å². The Bertz CT molecular complexity index is 514. The van der Waals surface area contributed by atoms with E-state index in [-0.39, 0.29) is 0 Å². The van der Waals surface area contributed by atoms with Gasteiger partial charge < -0.3 is 10.1 Å². The molecule has 0 saturated carbocycles. The molecule has 2 rings (SSSR count). The fourth-order valence-corrected chi connectivity index (χ4v) is 2.75. The summed E-state index contributed by atoms with van der Waals surface area (Å²) in [5, 5.41) is 4.65. The van der Waals surface area contributed by atoms with Crippen molar-refractivity contribution in [3.05, 3.63) is 45.4 Å². The maximum atomic E-state index is 5.17. The van der Waals surface area contributed by atoms with Crippen molar-refractivity contribution in [2.75, 3.05) is 7.11 Å². The number of nitrogens with zero attached hydrogens (tertiary/aromatic N) is 1. The molecular formula is C15H20N2OS. The summed E-state index contributed by atoms with van der Waals surface area (Å²) in [6.07, 6.45) is 0. The maximum absolute atomic E-state index is 5.17. The van der Waals surface area contributed by atoms with Crippen molar-refractivity contribution in [1.29, 1.82) is 0 Å². The van der Waals surface area contributed by atoms with Crippen LogP contribution in [0, 0.1) is 13.8 Å². The number of hydrogen-bond donors (Lipinski definition) is 1. The fourth-order valence-electron chi connectivity index (χ4n) is 1.87. The standard InChI is InChI=1S/C15H20N2OS/c1-10-12(3)19-15(17-10)9-16-11(2)13-5-7-14(18-4)8-6-13/h5-8,11,16H,9H2,1-4H3. The van der Waals surface area contributed by atoms with E-state index in [1.165, 1.54) is 10.4 Å². The highest BCUT2D eigenvalue weighted by Gasteiger charge is 2.08. The van der Waals surface area contributed by atoms with Crippen molar-refractivity contribution in [2.45, 2.75) is 33.4 Å². The molecule has 4 heteroatoms. The van der Waals surface area contributed by atoms with Crippen LogP contribution in [0.2, 0.25) is 0 Å². The Hall–Kier alpha value is -1.39. The van der Waals surface area contributed by atoms with E-state index in [0.29, 0.717) is 6.04 Å². The predicted molar refractivity (Wildman–Crippen MR) is 79.8 cm³/mol. The molecule has 0 amide bonds. The van der Waals surface area contributed by atoms with E-state index in [4.69, 9.17) is 4.74 Å². The van der Waals surface area contributed by atoms with Gasteiger partial charge in [-0.05, 0) is 38.5 Å². The van der Waals surface area contributed by atoms with E-state index >= 15 is 0 Å². The third-order valence-corrected chi connectivity index (χ3v) is 4.32. The van der Waals surface area contributed by atoms with E-state index in [1.54, 1.807) is 18.4 Å². The Morgan fingerprint density at radius 2 is 1.95 bits per heavy atom. The van der Waals surface area contributed by atoms with E-state index in [2.05, 4.69) is 43.2 Å². The Morgan fingerprint density at radius 3 is 2.47 bits per heavy atom. The smallest absolute Gasteiger partial charge is 0.118 e. The van der Waals surface area contributed by atoms with Crippen molar-refractivity contribution in [3.8, 4) is 5.75 Å². The topological polar surface area (TPSA) is 34.1 Å². The molecule has 0 saturated heterocycles. The molecule has 1 heterocycles. The summed E-state index contributed by atoms with van der Waals surface area (Å²) in [4.78, 5) is 5.84. The van der Waals surface area contributed by atoms with Gasteiger partial charge >= 0.3 is 0 Å². The normalized spacial score (nSPS) is 12.4. The highest BCUT2D eigenvalue weighted by molar-refractivity contribution is 7.11. The van der Waals surface area contributed by atoms with E-state index in [0.717, 1.165) is 23.0 Å². The van der Waals surface area contributed by atoms with Gasteiger partial charge in [-0.3, -0.25) is 0 Å². The zero-order valence-electron chi connectivity index (χ0n) is 11.9. The molecule has 1 aromatic heterocycles. The quantitative estimate of drug-likeness (QED) is 0.905. The lowest BCUT2D eigenvalue weighted by Crippen LogP contribution is -2.17. The van der Waals surface area contributed by atoms with Gasteiger partial charge in [-0.1, -0.05) is 12.1 Å². The first kappa shape index (κ1) is 14.0. The van der Waals surface area contributed by atoms with E-state index in [1.807, 2.05) is 12.1 Å². The van der Waals surface area contributed by atoms with Crippen molar-refractivity contribution in [1.82, 2.24) is 10.3 Å². The molecule has 3 nitrogen and oxygen atoms in total. The maximum Gasteiger partial charge on any atom is 0.118 e. The SMILES string of the molecule is COc1ccc(C(C)NCc2nc(C)c(C)s2)cc1. The highest BCUT2D eigenvalue weighted by atomic mass is 32.1. The first-order valence-electron chi connectivity index (χ1n) is 6.40. The number of rotatable bonds is 5. The summed E-state index contributed by atoms with van der Waals surface area (Å²) in [6, 6.07) is 8.47. The van der Waals surface area contributed by atoms with Gasteiger partial charge in [0.15, 0.2) is 0 Å². The molecule has 0 aliphatic rings. The first-order valence-corrected chi connectivity index (χ1v) is 7.22. The van der Waals surface area contributed by atoms with Crippen LogP contribution < -0.4 is 10.1 Å². The van der Waals surface area contributed by atoms with Gasteiger partial charge in [-0.2, -0.15) is 0 Å². The zero-order chi connectivity index (χ0) is 13.8.